The van der Waals surface area contributed by atoms with E-state index in [1.54, 1.807) is 0 Å². The lowest BCUT2D eigenvalue weighted by molar-refractivity contribution is 0.208. The highest BCUT2D eigenvalue weighted by Gasteiger charge is 2.13. The van der Waals surface area contributed by atoms with Crippen LogP contribution in [0.5, 0.6) is 5.75 Å². The highest BCUT2D eigenvalue weighted by atomic mass is 16.5. The summed E-state index contributed by atoms with van der Waals surface area (Å²) in [7, 11) is 0. The van der Waals surface area contributed by atoms with Gasteiger partial charge in [0.05, 0.1) is 6.61 Å². The quantitative estimate of drug-likeness (QED) is 0.831. The zero-order valence-electron chi connectivity index (χ0n) is 12.3. The highest BCUT2D eigenvalue weighted by molar-refractivity contribution is 5.28. The van der Waals surface area contributed by atoms with Crippen LogP contribution in [0.3, 0.4) is 0 Å². The third-order valence-corrected chi connectivity index (χ3v) is 3.82. The van der Waals surface area contributed by atoms with Crippen molar-refractivity contribution in [3.63, 3.8) is 0 Å². The van der Waals surface area contributed by atoms with Crippen LogP contribution in [0.2, 0.25) is 0 Å². The van der Waals surface area contributed by atoms with Gasteiger partial charge in [-0.05, 0) is 36.5 Å². The fraction of sp³-hybridized carbons (Fsp3) is 0.647. The van der Waals surface area contributed by atoms with Gasteiger partial charge in [-0.3, -0.25) is 0 Å². The number of benzene rings is 1. The minimum Gasteiger partial charge on any atom is -0.493 e. The summed E-state index contributed by atoms with van der Waals surface area (Å²) in [4.78, 5) is 0. The van der Waals surface area contributed by atoms with Crippen molar-refractivity contribution in [2.75, 3.05) is 6.61 Å². The maximum atomic E-state index is 5.97. The first-order chi connectivity index (χ1) is 9.24. The third-order valence-electron chi connectivity index (χ3n) is 3.82. The van der Waals surface area contributed by atoms with Crippen molar-refractivity contribution in [1.29, 1.82) is 0 Å². The van der Waals surface area contributed by atoms with Gasteiger partial charge in [0.25, 0.3) is 0 Å². The topological polar surface area (TPSA) is 21.3 Å². The summed E-state index contributed by atoms with van der Waals surface area (Å²) in [6.45, 7) is 6.15. The molecule has 0 saturated heterocycles. The molecule has 1 N–H and O–H groups in total. The summed E-state index contributed by atoms with van der Waals surface area (Å²) >= 11 is 0. The van der Waals surface area contributed by atoms with E-state index in [0.29, 0.717) is 6.04 Å². The molecule has 2 nitrogen and oxygen atoms in total. The molecule has 1 saturated carbocycles. The zero-order valence-corrected chi connectivity index (χ0v) is 12.3. The first-order valence-electron chi connectivity index (χ1n) is 7.69. The lowest BCUT2D eigenvalue weighted by Gasteiger charge is -2.21. The van der Waals surface area contributed by atoms with Gasteiger partial charge in [-0.2, -0.15) is 0 Å². The Morgan fingerprint density at radius 2 is 2.00 bits per heavy atom. The molecule has 106 valence electrons. The predicted molar refractivity (Wildman–Crippen MR) is 80.5 cm³/mol. The second kappa shape index (κ2) is 7.54. The SMILES string of the molecule is CC(C)NCc1cccc(OCC2CCCCC2)c1. The molecule has 1 aromatic carbocycles. The molecule has 0 unspecified atom stereocenters. The molecule has 0 amide bonds. The summed E-state index contributed by atoms with van der Waals surface area (Å²) in [6.07, 6.45) is 6.86. The summed E-state index contributed by atoms with van der Waals surface area (Å²) in [5.74, 6) is 1.79. The van der Waals surface area contributed by atoms with E-state index in [2.05, 4.69) is 43.4 Å². The molecule has 19 heavy (non-hydrogen) atoms. The van der Waals surface area contributed by atoms with E-state index in [1.165, 1.54) is 37.7 Å². The molecule has 1 aliphatic carbocycles. The van der Waals surface area contributed by atoms with E-state index in [-0.39, 0.29) is 0 Å². The maximum absolute atomic E-state index is 5.97. The van der Waals surface area contributed by atoms with Crippen molar-refractivity contribution >= 4 is 0 Å². The largest absolute Gasteiger partial charge is 0.493 e. The highest BCUT2D eigenvalue weighted by Crippen LogP contribution is 2.24. The van der Waals surface area contributed by atoms with Gasteiger partial charge in [0, 0.05) is 12.6 Å². The number of hydrogen-bond donors (Lipinski definition) is 1. The minimum absolute atomic E-state index is 0.520. The molecule has 1 fully saturated rings. The second-order valence-corrected chi connectivity index (χ2v) is 6.00. The van der Waals surface area contributed by atoms with Crippen molar-refractivity contribution in [2.45, 2.75) is 58.5 Å². The lowest BCUT2D eigenvalue weighted by atomic mass is 9.90. The van der Waals surface area contributed by atoms with Crippen LogP contribution in [-0.4, -0.2) is 12.6 Å². The van der Waals surface area contributed by atoms with Gasteiger partial charge in [-0.15, -0.1) is 0 Å². The number of rotatable bonds is 6. The van der Waals surface area contributed by atoms with Crippen molar-refractivity contribution in [1.82, 2.24) is 5.32 Å². The van der Waals surface area contributed by atoms with Crippen molar-refractivity contribution in [2.24, 2.45) is 5.92 Å². The van der Waals surface area contributed by atoms with Gasteiger partial charge >= 0.3 is 0 Å². The molecule has 0 spiro atoms. The molecular weight excluding hydrogens is 234 g/mol. The predicted octanol–water partition coefficient (Wildman–Crippen LogP) is 4.14. The van der Waals surface area contributed by atoms with Crippen LogP contribution in [-0.2, 0) is 6.54 Å². The summed E-state index contributed by atoms with van der Waals surface area (Å²) < 4.78 is 5.97. The Morgan fingerprint density at radius 3 is 2.74 bits per heavy atom. The molecule has 0 aromatic heterocycles. The fourth-order valence-electron chi connectivity index (χ4n) is 2.64. The van der Waals surface area contributed by atoms with Gasteiger partial charge < -0.3 is 10.1 Å². The van der Waals surface area contributed by atoms with Gasteiger partial charge in [0.1, 0.15) is 5.75 Å². The summed E-state index contributed by atoms with van der Waals surface area (Å²) in [6, 6.07) is 9.00. The fourth-order valence-corrected chi connectivity index (χ4v) is 2.64. The first kappa shape index (κ1) is 14.4. The van der Waals surface area contributed by atoms with Gasteiger partial charge in [-0.25, -0.2) is 0 Å². The lowest BCUT2D eigenvalue weighted by Crippen LogP contribution is -2.21. The Labute approximate surface area is 117 Å². The van der Waals surface area contributed by atoms with Crippen LogP contribution < -0.4 is 10.1 Å². The van der Waals surface area contributed by atoms with Gasteiger partial charge in [-0.1, -0.05) is 45.2 Å². The van der Waals surface area contributed by atoms with Crippen molar-refractivity contribution in [3.05, 3.63) is 29.8 Å². The van der Waals surface area contributed by atoms with E-state index < -0.39 is 0 Å². The molecule has 1 aromatic rings. The third kappa shape index (κ3) is 5.23. The average Bonchev–Trinajstić information content (AvgIpc) is 2.44. The van der Waals surface area contributed by atoms with E-state index in [1.807, 2.05) is 0 Å². The Balaban J connectivity index is 1.80. The molecular formula is C17H27NO. The molecule has 2 rings (SSSR count). The zero-order chi connectivity index (χ0) is 13.5. The van der Waals surface area contributed by atoms with Crippen LogP contribution in [0.15, 0.2) is 24.3 Å². The molecule has 0 aliphatic heterocycles. The standard InChI is InChI=1S/C17H27NO/c1-14(2)18-12-16-9-6-10-17(11-16)19-13-15-7-4-3-5-8-15/h6,9-11,14-15,18H,3-5,7-8,12-13H2,1-2H3. The van der Waals surface area contributed by atoms with E-state index in [4.69, 9.17) is 4.74 Å². The van der Waals surface area contributed by atoms with E-state index >= 15 is 0 Å². The molecule has 0 bridgehead atoms. The smallest absolute Gasteiger partial charge is 0.119 e. The van der Waals surface area contributed by atoms with Crippen LogP contribution in [0.25, 0.3) is 0 Å². The van der Waals surface area contributed by atoms with E-state index in [9.17, 15) is 0 Å². The molecule has 1 aliphatic rings. The van der Waals surface area contributed by atoms with Crippen LogP contribution in [0.1, 0.15) is 51.5 Å². The minimum atomic E-state index is 0.520. The molecule has 0 heterocycles. The summed E-state index contributed by atoms with van der Waals surface area (Å²) in [5, 5.41) is 3.44. The number of nitrogens with one attached hydrogen (secondary N) is 1. The van der Waals surface area contributed by atoms with Crippen LogP contribution >= 0.6 is 0 Å². The van der Waals surface area contributed by atoms with Gasteiger partial charge in [0.2, 0.25) is 0 Å². The van der Waals surface area contributed by atoms with E-state index in [0.717, 1.165) is 24.8 Å². The maximum Gasteiger partial charge on any atom is 0.119 e. The number of ether oxygens (including phenoxy) is 1. The monoisotopic (exact) mass is 261 g/mol. The summed E-state index contributed by atoms with van der Waals surface area (Å²) in [5.41, 5.74) is 1.30. The van der Waals surface area contributed by atoms with Crippen molar-refractivity contribution in [3.8, 4) is 5.75 Å². The Hall–Kier alpha value is -1.02. The first-order valence-corrected chi connectivity index (χ1v) is 7.69. The Bertz CT molecular complexity index is 369. The normalized spacial score (nSPS) is 16.8. The van der Waals surface area contributed by atoms with Crippen LogP contribution in [0, 0.1) is 5.92 Å². The molecule has 0 atom stereocenters. The second-order valence-electron chi connectivity index (χ2n) is 6.00. The van der Waals surface area contributed by atoms with Crippen LogP contribution in [0.4, 0.5) is 0 Å². The number of hydrogen-bond acceptors (Lipinski definition) is 2. The Morgan fingerprint density at radius 1 is 1.21 bits per heavy atom. The van der Waals surface area contributed by atoms with Gasteiger partial charge in [0.15, 0.2) is 0 Å². The van der Waals surface area contributed by atoms with Crippen molar-refractivity contribution < 1.29 is 4.74 Å². The Kier molecular flexibility index (Phi) is 5.71. The molecule has 2 heteroatoms. The molecule has 0 radical (unpaired) electrons. The average molecular weight is 261 g/mol.